The molecule has 4 rings (SSSR count). The minimum absolute atomic E-state index is 0.244. The first kappa shape index (κ1) is 11.8. The van der Waals surface area contributed by atoms with Crippen LogP contribution in [0.15, 0.2) is 48.7 Å². The minimum atomic E-state index is 0.244. The number of nitrogens with zero attached hydrogens (tertiary/aromatic N) is 1. The molecule has 2 aromatic carbocycles. The van der Waals surface area contributed by atoms with E-state index < -0.39 is 0 Å². The van der Waals surface area contributed by atoms with Gasteiger partial charge in [-0.1, -0.05) is 6.07 Å². The highest BCUT2D eigenvalue weighted by Crippen LogP contribution is 2.38. The molecule has 2 heterocycles. The van der Waals surface area contributed by atoms with Crippen molar-refractivity contribution in [2.75, 3.05) is 12.5 Å². The number of rotatable bonds is 2. The molecule has 21 heavy (non-hydrogen) atoms. The standard InChI is InChI=1S/C16H12N2O3/c17-12-3-1-2-11-13(6-7-18-16(11)12)21-10-4-5-14-15(8-10)20-9-19-14/h1-8H,9,17H2. The van der Waals surface area contributed by atoms with Gasteiger partial charge in [-0.15, -0.1) is 0 Å². The molecular weight excluding hydrogens is 268 g/mol. The van der Waals surface area contributed by atoms with Crippen molar-refractivity contribution in [1.29, 1.82) is 0 Å². The van der Waals surface area contributed by atoms with Gasteiger partial charge in [-0.3, -0.25) is 4.98 Å². The maximum Gasteiger partial charge on any atom is 0.231 e. The lowest BCUT2D eigenvalue weighted by Crippen LogP contribution is -1.93. The summed E-state index contributed by atoms with van der Waals surface area (Å²) < 4.78 is 16.6. The lowest BCUT2D eigenvalue weighted by molar-refractivity contribution is 0.174. The Kier molecular flexibility index (Phi) is 2.57. The number of benzene rings is 2. The molecule has 0 bridgehead atoms. The van der Waals surface area contributed by atoms with Crippen LogP contribution in [-0.4, -0.2) is 11.8 Å². The monoisotopic (exact) mass is 280 g/mol. The average molecular weight is 280 g/mol. The third-order valence-electron chi connectivity index (χ3n) is 3.33. The molecule has 0 saturated carbocycles. The molecule has 0 saturated heterocycles. The van der Waals surface area contributed by atoms with Gasteiger partial charge in [0.2, 0.25) is 6.79 Å². The zero-order valence-electron chi connectivity index (χ0n) is 11.1. The number of pyridine rings is 1. The van der Waals surface area contributed by atoms with Crippen molar-refractivity contribution in [3.8, 4) is 23.0 Å². The highest BCUT2D eigenvalue weighted by Gasteiger charge is 2.14. The fourth-order valence-electron chi connectivity index (χ4n) is 2.33. The summed E-state index contributed by atoms with van der Waals surface area (Å²) in [5.41, 5.74) is 7.30. The lowest BCUT2D eigenvalue weighted by Gasteiger charge is -2.10. The van der Waals surface area contributed by atoms with Crippen LogP contribution in [0.25, 0.3) is 10.9 Å². The molecule has 1 aromatic heterocycles. The van der Waals surface area contributed by atoms with E-state index in [1.54, 1.807) is 12.3 Å². The third-order valence-corrected chi connectivity index (χ3v) is 3.33. The fourth-order valence-corrected chi connectivity index (χ4v) is 2.33. The van der Waals surface area contributed by atoms with E-state index in [0.717, 1.165) is 16.7 Å². The number of nitrogens with two attached hydrogens (primary N) is 1. The number of para-hydroxylation sites is 1. The number of ether oxygens (including phenoxy) is 3. The van der Waals surface area contributed by atoms with Gasteiger partial charge >= 0.3 is 0 Å². The first-order chi connectivity index (χ1) is 10.3. The van der Waals surface area contributed by atoms with Crippen molar-refractivity contribution in [3.63, 3.8) is 0 Å². The molecule has 5 nitrogen and oxygen atoms in total. The summed E-state index contributed by atoms with van der Waals surface area (Å²) >= 11 is 0. The summed E-state index contributed by atoms with van der Waals surface area (Å²) in [7, 11) is 0. The van der Waals surface area contributed by atoms with Crippen LogP contribution < -0.4 is 19.9 Å². The Labute approximate surface area is 120 Å². The number of nitrogen functional groups attached to an aromatic ring is 1. The van der Waals surface area contributed by atoms with Crippen LogP contribution in [0.1, 0.15) is 0 Å². The average Bonchev–Trinajstić information content (AvgIpc) is 2.96. The Bertz CT molecular complexity index is 833. The summed E-state index contributed by atoms with van der Waals surface area (Å²) in [4.78, 5) is 4.29. The summed E-state index contributed by atoms with van der Waals surface area (Å²) in [5.74, 6) is 2.79. The first-order valence-electron chi connectivity index (χ1n) is 6.52. The summed E-state index contributed by atoms with van der Waals surface area (Å²) in [5, 5.41) is 0.871. The Hall–Kier alpha value is -2.95. The van der Waals surface area contributed by atoms with E-state index in [-0.39, 0.29) is 6.79 Å². The molecule has 0 unspecified atom stereocenters. The Balaban J connectivity index is 1.76. The molecule has 0 atom stereocenters. The first-order valence-corrected chi connectivity index (χ1v) is 6.52. The van der Waals surface area contributed by atoms with Gasteiger partial charge in [0, 0.05) is 17.6 Å². The number of aromatic nitrogens is 1. The predicted molar refractivity (Wildman–Crippen MR) is 78.8 cm³/mol. The molecule has 3 aromatic rings. The van der Waals surface area contributed by atoms with Gasteiger partial charge < -0.3 is 19.9 Å². The van der Waals surface area contributed by atoms with Crippen molar-refractivity contribution < 1.29 is 14.2 Å². The van der Waals surface area contributed by atoms with Crippen molar-refractivity contribution in [3.05, 3.63) is 48.7 Å². The number of hydrogen-bond donors (Lipinski definition) is 1. The topological polar surface area (TPSA) is 66.6 Å². The summed E-state index contributed by atoms with van der Waals surface area (Å²) in [6.45, 7) is 0.244. The molecular formula is C16H12N2O3. The van der Waals surface area contributed by atoms with Gasteiger partial charge in [0.15, 0.2) is 11.5 Å². The van der Waals surface area contributed by atoms with Crippen LogP contribution in [0, 0.1) is 0 Å². The molecule has 1 aliphatic heterocycles. The largest absolute Gasteiger partial charge is 0.456 e. The van der Waals surface area contributed by atoms with Crippen LogP contribution in [0.3, 0.4) is 0 Å². The SMILES string of the molecule is Nc1cccc2c(Oc3ccc4c(c3)OCO4)ccnc12. The number of fused-ring (bicyclic) bond motifs is 2. The summed E-state index contributed by atoms with van der Waals surface area (Å²) in [6, 6.07) is 12.9. The lowest BCUT2D eigenvalue weighted by atomic mass is 10.2. The number of hydrogen-bond acceptors (Lipinski definition) is 5. The second-order valence-corrected chi connectivity index (χ2v) is 4.67. The molecule has 0 radical (unpaired) electrons. The minimum Gasteiger partial charge on any atom is -0.456 e. The van der Waals surface area contributed by atoms with E-state index in [1.807, 2.05) is 36.4 Å². The van der Waals surface area contributed by atoms with Crippen LogP contribution >= 0.6 is 0 Å². The van der Waals surface area contributed by atoms with Gasteiger partial charge in [-0.25, -0.2) is 0 Å². The Morgan fingerprint density at radius 1 is 1.05 bits per heavy atom. The third kappa shape index (κ3) is 1.99. The van der Waals surface area contributed by atoms with E-state index >= 15 is 0 Å². The molecule has 2 N–H and O–H groups in total. The van der Waals surface area contributed by atoms with Crippen molar-refractivity contribution >= 4 is 16.6 Å². The van der Waals surface area contributed by atoms with Crippen molar-refractivity contribution in [2.24, 2.45) is 0 Å². The van der Waals surface area contributed by atoms with Crippen molar-refractivity contribution in [2.45, 2.75) is 0 Å². The van der Waals surface area contributed by atoms with E-state index in [2.05, 4.69) is 4.98 Å². The Morgan fingerprint density at radius 3 is 2.90 bits per heavy atom. The fraction of sp³-hybridized carbons (Fsp3) is 0.0625. The molecule has 0 spiro atoms. The number of anilines is 1. The van der Waals surface area contributed by atoms with Crippen LogP contribution in [0.5, 0.6) is 23.0 Å². The smallest absolute Gasteiger partial charge is 0.231 e. The molecule has 0 fully saturated rings. The normalized spacial score (nSPS) is 12.6. The molecule has 1 aliphatic rings. The second-order valence-electron chi connectivity index (χ2n) is 4.67. The van der Waals surface area contributed by atoms with E-state index in [4.69, 9.17) is 19.9 Å². The summed E-state index contributed by atoms with van der Waals surface area (Å²) in [6.07, 6.45) is 1.68. The van der Waals surface area contributed by atoms with Gasteiger partial charge in [0.05, 0.1) is 11.2 Å². The van der Waals surface area contributed by atoms with Crippen LogP contribution in [0.4, 0.5) is 5.69 Å². The van der Waals surface area contributed by atoms with Gasteiger partial charge in [-0.2, -0.15) is 0 Å². The van der Waals surface area contributed by atoms with Gasteiger partial charge in [0.25, 0.3) is 0 Å². The second kappa shape index (κ2) is 4.56. The highest BCUT2D eigenvalue weighted by molar-refractivity contribution is 5.93. The zero-order chi connectivity index (χ0) is 14.2. The van der Waals surface area contributed by atoms with E-state index in [1.165, 1.54) is 0 Å². The van der Waals surface area contributed by atoms with E-state index in [0.29, 0.717) is 22.9 Å². The van der Waals surface area contributed by atoms with Crippen molar-refractivity contribution in [1.82, 2.24) is 4.98 Å². The maximum atomic E-state index is 5.94. The Morgan fingerprint density at radius 2 is 1.95 bits per heavy atom. The molecule has 0 aliphatic carbocycles. The maximum absolute atomic E-state index is 5.94. The van der Waals surface area contributed by atoms with Crippen LogP contribution in [0.2, 0.25) is 0 Å². The quantitative estimate of drug-likeness (QED) is 0.729. The molecule has 5 heteroatoms. The predicted octanol–water partition coefficient (Wildman–Crippen LogP) is 3.34. The van der Waals surface area contributed by atoms with Gasteiger partial charge in [-0.05, 0) is 30.3 Å². The molecule has 0 amide bonds. The zero-order valence-corrected chi connectivity index (χ0v) is 11.1. The van der Waals surface area contributed by atoms with E-state index in [9.17, 15) is 0 Å². The highest BCUT2D eigenvalue weighted by atomic mass is 16.7. The van der Waals surface area contributed by atoms with Gasteiger partial charge in [0.1, 0.15) is 11.5 Å². The van der Waals surface area contributed by atoms with Crippen LogP contribution in [-0.2, 0) is 0 Å². The molecule has 104 valence electrons.